The van der Waals surface area contributed by atoms with Gasteiger partial charge in [-0.1, -0.05) is 50.1 Å². The predicted molar refractivity (Wildman–Crippen MR) is 79.2 cm³/mol. The summed E-state index contributed by atoms with van der Waals surface area (Å²) < 4.78 is 0. The van der Waals surface area contributed by atoms with E-state index in [2.05, 4.69) is 42.2 Å². The summed E-state index contributed by atoms with van der Waals surface area (Å²) in [6, 6.07) is 10.6. The minimum atomic E-state index is 0.296. The van der Waals surface area contributed by atoms with Crippen LogP contribution in [0, 0.1) is 5.92 Å². The summed E-state index contributed by atoms with van der Waals surface area (Å²) in [4.78, 5) is 14.4. The molecule has 0 aliphatic carbocycles. The Kier molecular flexibility index (Phi) is 5.59. The largest absolute Gasteiger partial charge is 0.302 e. The van der Waals surface area contributed by atoms with Crippen molar-refractivity contribution in [2.75, 3.05) is 19.6 Å². The van der Waals surface area contributed by atoms with Crippen molar-refractivity contribution in [2.24, 2.45) is 5.92 Å². The number of carbonyl (C=O) groups excluding carboxylic acids is 1. The molecular formula is C17H25NO. The molecule has 1 saturated heterocycles. The molecule has 2 heteroatoms. The van der Waals surface area contributed by atoms with Gasteiger partial charge >= 0.3 is 0 Å². The van der Waals surface area contributed by atoms with Gasteiger partial charge in [0.05, 0.1) is 0 Å². The molecule has 0 aromatic heterocycles. The van der Waals surface area contributed by atoms with Crippen molar-refractivity contribution in [1.29, 1.82) is 0 Å². The number of piperidine rings is 1. The second-order valence-electron chi connectivity index (χ2n) is 5.59. The van der Waals surface area contributed by atoms with Crippen molar-refractivity contribution >= 4 is 5.78 Å². The number of carbonyl (C=O) groups is 1. The van der Waals surface area contributed by atoms with Crippen LogP contribution in [-0.2, 0) is 11.2 Å². The molecule has 0 spiro atoms. The number of unbranched alkanes of at least 4 members (excludes halogenated alkanes) is 1. The summed E-state index contributed by atoms with van der Waals surface area (Å²) in [7, 11) is 0. The van der Waals surface area contributed by atoms with Gasteiger partial charge in [-0.25, -0.2) is 0 Å². The summed E-state index contributed by atoms with van der Waals surface area (Å²) in [6.45, 7) is 5.21. The molecule has 2 rings (SSSR count). The van der Waals surface area contributed by atoms with Gasteiger partial charge in [-0.3, -0.25) is 4.79 Å². The van der Waals surface area contributed by atoms with E-state index in [9.17, 15) is 4.79 Å². The Morgan fingerprint density at radius 2 is 2.05 bits per heavy atom. The second-order valence-corrected chi connectivity index (χ2v) is 5.59. The van der Waals surface area contributed by atoms with Gasteiger partial charge in [0.25, 0.3) is 0 Å². The third kappa shape index (κ3) is 4.46. The number of likely N-dealkylation sites (tertiary alicyclic amines) is 1. The normalized spacial score (nSPS) is 20.7. The maximum absolute atomic E-state index is 11.9. The number of hydrogen-bond donors (Lipinski definition) is 0. The molecule has 0 amide bonds. The molecule has 0 unspecified atom stereocenters. The number of Topliss-reactive ketones (excluding diaryl/α,β-unsaturated/α-hetero) is 1. The summed E-state index contributed by atoms with van der Waals surface area (Å²) >= 11 is 0. The standard InChI is InChI=1S/C17H25NO/c1-2-3-9-16-14-18(13-11-17(16)19)12-10-15-7-5-4-6-8-15/h4-8,16H,2-3,9-14H2,1H3/t16-/m1/s1. The van der Waals surface area contributed by atoms with Crippen molar-refractivity contribution in [3.8, 4) is 0 Å². The molecule has 19 heavy (non-hydrogen) atoms. The van der Waals surface area contributed by atoms with Crippen LogP contribution in [0.3, 0.4) is 0 Å². The highest BCUT2D eigenvalue weighted by atomic mass is 16.1. The van der Waals surface area contributed by atoms with Crippen molar-refractivity contribution in [3.05, 3.63) is 35.9 Å². The third-order valence-corrected chi connectivity index (χ3v) is 4.07. The zero-order valence-electron chi connectivity index (χ0n) is 12.0. The first-order valence-electron chi connectivity index (χ1n) is 7.58. The fraction of sp³-hybridized carbons (Fsp3) is 0.588. The summed E-state index contributed by atoms with van der Waals surface area (Å²) in [5, 5.41) is 0. The molecule has 1 aliphatic rings. The fourth-order valence-electron chi connectivity index (χ4n) is 2.81. The van der Waals surface area contributed by atoms with Crippen LogP contribution < -0.4 is 0 Å². The summed E-state index contributed by atoms with van der Waals surface area (Å²) in [6.07, 6.45) is 5.30. The third-order valence-electron chi connectivity index (χ3n) is 4.07. The number of ketones is 1. The maximum atomic E-state index is 11.9. The lowest BCUT2D eigenvalue weighted by Crippen LogP contribution is -2.41. The number of rotatable bonds is 6. The van der Waals surface area contributed by atoms with Gasteiger partial charge < -0.3 is 4.90 Å². The van der Waals surface area contributed by atoms with E-state index in [-0.39, 0.29) is 0 Å². The zero-order valence-corrected chi connectivity index (χ0v) is 12.0. The van der Waals surface area contributed by atoms with E-state index in [0.717, 1.165) is 38.9 Å². The van der Waals surface area contributed by atoms with E-state index >= 15 is 0 Å². The highest BCUT2D eigenvalue weighted by molar-refractivity contribution is 5.82. The molecule has 0 radical (unpaired) electrons. The first kappa shape index (κ1) is 14.3. The molecule has 0 bridgehead atoms. The Morgan fingerprint density at radius 1 is 1.26 bits per heavy atom. The molecule has 0 N–H and O–H groups in total. The van der Waals surface area contributed by atoms with Crippen LogP contribution >= 0.6 is 0 Å². The van der Waals surface area contributed by atoms with Crippen LogP contribution in [0.25, 0.3) is 0 Å². The Balaban J connectivity index is 1.79. The molecule has 1 heterocycles. The quantitative estimate of drug-likeness (QED) is 0.781. The minimum absolute atomic E-state index is 0.296. The lowest BCUT2D eigenvalue weighted by Gasteiger charge is -2.31. The highest BCUT2D eigenvalue weighted by Crippen LogP contribution is 2.19. The lowest BCUT2D eigenvalue weighted by molar-refractivity contribution is -0.126. The van der Waals surface area contributed by atoms with Gasteiger partial charge in [-0.05, 0) is 18.4 Å². The smallest absolute Gasteiger partial charge is 0.138 e. The van der Waals surface area contributed by atoms with E-state index in [1.807, 2.05) is 0 Å². The van der Waals surface area contributed by atoms with E-state index in [1.165, 1.54) is 18.4 Å². The molecule has 1 aromatic rings. The van der Waals surface area contributed by atoms with Crippen LogP contribution in [0.4, 0.5) is 0 Å². The van der Waals surface area contributed by atoms with E-state index in [1.54, 1.807) is 0 Å². The lowest BCUT2D eigenvalue weighted by atomic mass is 9.91. The Labute approximate surface area is 116 Å². The number of hydrogen-bond acceptors (Lipinski definition) is 2. The van der Waals surface area contributed by atoms with Crippen LogP contribution in [0.15, 0.2) is 30.3 Å². The van der Waals surface area contributed by atoms with Crippen molar-refractivity contribution in [2.45, 2.75) is 39.0 Å². The molecule has 104 valence electrons. The summed E-state index contributed by atoms with van der Waals surface area (Å²) in [5.41, 5.74) is 1.39. The fourth-order valence-corrected chi connectivity index (χ4v) is 2.81. The molecular weight excluding hydrogens is 234 g/mol. The van der Waals surface area contributed by atoms with Gasteiger partial charge in [0, 0.05) is 32.0 Å². The second kappa shape index (κ2) is 7.44. The predicted octanol–water partition coefficient (Wildman–Crippen LogP) is 3.31. The van der Waals surface area contributed by atoms with Gasteiger partial charge in [0.1, 0.15) is 5.78 Å². The SMILES string of the molecule is CCCC[C@@H]1CN(CCc2ccccc2)CCC1=O. The zero-order chi connectivity index (χ0) is 13.5. The maximum Gasteiger partial charge on any atom is 0.138 e. The van der Waals surface area contributed by atoms with Crippen LogP contribution in [0.5, 0.6) is 0 Å². The van der Waals surface area contributed by atoms with Gasteiger partial charge in [0.2, 0.25) is 0 Å². The van der Waals surface area contributed by atoms with Crippen LogP contribution in [-0.4, -0.2) is 30.3 Å². The molecule has 2 nitrogen and oxygen atoms in total. The Bertz CT molecular complexity index is 388. The monoisotopic (exact) mass is 259 g/mol. The van der Waals surface area contributed by atoms with Crippen molar-refractivity contribution in [1.82, 2.24) is 4.90 Å². The number of nitrogens with zero attached hydrogens (tertiary/aromatic N) is 1. The Morgan fingerprint density at radius 3 is 2.79 bits per heavy atom. The molecule has 1 aliphatic heterocycles. The molecule has 1 fully saturated rings. The topological polar surface area (TPSA) is 20.3 Å². The molecule has 1 atom stereocenters. The highest BCUT2D eigenvalue weighted by Gasteiger charge is 2.26. The average Bonchev–Trinajstić information content (AvgIpc) is 2.46. The first-order chi connectivity index (χ1) is 9.29. The van der Waals surface area contributed by atoms with Gasteiger partial charge in [0.15, 0.2) is 0 Å². The molecule has 0 saturated carbocycles. The minimum Gasteiger partial charge on any atom is -0.302 e. The van der Waals surface area contributed by atoms with Gasteiger partial charge in [-0.2, -0.15) is 0 Å². The van der Waals surface area contributed by atoms with Gasteiger partial charge in [-0.15, -0.1) is 0 Å². The van der Waals surface area contributed by atoms with E-state index in [4.69, 9.17) is 0 Å². The van der Waals surface area contributed by atoms with E-state index < -0.39 is 0 Å². The Hall–Kier alpha value is -1.15. The van der Waals surface area contributed by atoms with Crippen LogP contribution in [0.1, 0.15) is 38.2 Å². The number of benzene rings is 1. The van der Waals surface area contributed by atoms with Crippen LogP contribution in [0.2, 0.25) is 0 Å². The van der Waals surface area contributed by atoms with Crippen molar-refractivity contribution in [3.63, 3.8) is 0 Å². The van der Waals surface area contributed by atoms with E-state index in [0.29, 0.717) is 11.7 Å². The summed E-state index contributed by atoms with van der Waals surface area (Å²) in [5.74, 6) is 0.786. The van der Waals surface area contributed by atoms with Crippen molar-refractivity contribution < 1.29 is 4.79 Å². The first-order valence-corrected chi connectivity index (χ1v) is 7.58. The molecule has 1 aromatic carbocycles. The average molecular weight is 259 g/mol.